The maximum atomic E-state index is 13.7. The number of carbonyl (C=O) groups is 8. The van der Waals surface area contributed by atoms with Gasteiger partial charge in [0.15, 0.2) is 28.7 Å². The van der Waals surface area contributed by atoms with Crippen LogP contribution in [-0.4, -0.2) is 228 Å². The van der Waals surface area contributed by atoms with Crippen molar-refractivity contribution in [2.24, 2.45) is 22.7 Å². The SMILES string of the molecule is CC(C)COc1ccc(C(=O)N/C(=C\c2ccco2)C(=O)N2CCOCC2)cc1.Cc1ccc(C(=O)N/C(=C\c2ccco2)C(=O)N2CC3CC(C2)c2cccc(=O)n2C3)cc1C.N/C(=N/OS(=O)(=O)c1ccc(C(F)(F)F)cc1)C1CSCCS1.O=C(N/C(=C\c1ccco1)C(=O)N1CCOCC1)c1ccco1.O=C(O)c1cc2nc(-c3ccco3)cc(C(F)(F)Cl)n2n1.O=C1C2=[N+]([O-])C3CCCCC3[N+]([O-])=C2c2ccccc21. The molecule has 6 aliphatic heterocycles. The molecule has 5 unspecified atom stereocenters. The summed E-state index contributed by atoms with van der Waals surface area (Å²) in [6.07, 6.45) is 11.6. The highest BCUT2D eigenvalue weighted by Gasteiger charge is 2.54. The number of carbonyl (C=O) groups excluding carboxylic acids is 7. The number of oxime groups is 1. The number of nitrogens with zero attached hydrogens (tertiary/aromatic N) is 10. The number of pyridine rings is 1. The maximum Gasteiger partial charge on any atom is 0.416 e. The Bertz CT molecular complexity index is 7240. The summed E-state index contributed by atoms with van der Waals surface area (Å²) in [4.78, 5) is 121. The first kappa shape index (κ1) is 109. The van der Waals surface area contributed by atoms with Crippen LogP contribution < -0.4 is 32.0 Å². The lowest BCUT2D eigenvalue weighted by atomic mass is 9.83. The summed E-state index contributed by atoms with van der Waals surface area (Å²) >= 11 is 8.28. The number of furan rings is 5. The highest BCUT2D eigenvalue weighted by atomic mass is 35.5. The Morgan fingerprint density at radius 1 is 0.620 bits per heavy atom. The number of nitrogens with one attached hydrogen (secondary N) is 3. The van der Waals surface area contributed by atoms with E-state index in [9.17, 15) is 83.9 Å². The van der Waals surface area contributed by atoms with E-state index in [2.05, 4.69) is 49.3 Å². The number of piperidine rings is 1. The van der Waals surface area contributed by atoms with Gasteiger partial charge in [-0.15, -0.1) is 11.8 Å². The van der Waals surface area contributed by atoms with E-state index in [1.54, 1.807) is 160 Å². The van der Waals surface area contributed by atoms with E-state index in [0.29, 0.717) is 159 Å². The summed E-state index contributed by atoms with van der Waals surface area (Å²) in [5, 5.41) is 45.3. The molecule has 1 saturated carbocycles. The average molecular weight is 2140 g/mol. The molecule has 0 spiro atoms. The highest BCUT2D eigenvalue weighted by molar-refractivity contribution is 8.07. The van der Waals surface area contributed by atoms with Gasteiger partial charge in [0.25, 0.3) is 52.5 Å². The van der Waals surface area contributed by atoms with Crippen LogP contribution in [-0.2, 0) is 56.4 Å². The van der Waals surface area contributed by atoms with Crippen molar-refractivity contribution in [3.8, 4) is 17.2 Å². The van der Waals surface area contributed by atoms with Crippen LogP contribution in [0.3, 0.4) is 0 Å². The number of aromatic carboxylic acids is 1. The number of aromatic nitrogens is 4. The zero-order valence-electron chi connectivity index (χ0n) is 81.0. The number of carboxylic acid groups (broad SMARTS) is 1. The number of amidine groups is 1. The van der Waals surface area contributed by atoms with Crippen LogP contribution in [0.2, 0.25) is 0 Å². The molecule has 2 bridgehead atoms. The number of alkyl halides is 6. The predicted molar refractivity (Wildman–Crippen MR) is 542 cm³/mol. The molecular weight excluding hydrogens is 2040 g/mol. The quantitative estimate of drug-likeness (QED) is 0.00615. The third-order valence-electron chi connectivity index (χ3n) is 24.7. The first-order valence-corrected chi connectivity index (χ1v) is 51.4. The van der Waals surface area contributed by atoms with Gasteiger partial charge in [-0.25, -0.2) is 14.3 Å². The first-order valence-electron chi connectivity index (χ1n) is 47.4. The molecule has 0 radical (unpaired) electrons. The lowest BCUT2D eigenvalue weighted by molar-refractivity contribution is -0.613. The van der Waals surface area contributed by atoms with E-state index in [0.717, 1.165) is 87.8 Å². The fraction of sp³-hybridized carbons (Fsp3) is 0.308. The number of aryl methyl sites for hydroxylation is 2. The Morgan fingerprint density at radius 2 is 1.17 bits per heavy atom. The number of nitrogens with two attached hydrogens (primary N) is 1. The van der Waals surface area contributed by atoms with Gasteiger partial charge in [0, 0.05) is 135 Å². The molecule has 6 amide bonds. The third kappa shape index (κ3) is 27.4. The van der Waals surface area contributed by atoms with Gasteiger partial charge >= 0.3 is 33.4 Å². The van der Waals surface area contributed by atoms with Gasteiger partial charge in [0.1, 0.15) is 56.4 Å². The number of hydroxylamine groups is 2. The molecule has 12 aromatic rings. The molecule has 8 aromatic heterocycles. The van der Waals surface area contributed by atoms with E-state index in [4.69, 9.17) is 58.7 Å². The van der Waals surface area contributed by atoms with E-state index in [-0.39, 0.29) is 127 Å². The number of rotatable bonds is 22. The van der Waals surface area contributed by atoms with Gasteiger partial charge in [-0.3, -0.25) is 42.6 Å². The maximum absolute atomic E-state index is 13.7. The molecule has 37 nitrogen and oxygen atoms in total. The van der Waals surface area contributed by atoms with Crippen LogP contribution in [0.15, 0.2) is 267 Å². The zero-order valence-corrected chi connectivity index (χ0v) is 84.2. The van der Waals surface area contributed by atoms with E-state index in [1.807, 2.05) is 36.6 Å². The Morgan fingerprint density at radius 3 is 1.71 bits per heavy atom. The summed E-state index contributed by atoms with van der Waals surface area (Å²) in [5.41, 5.74) is 9.51. The van der Waals surface area contributed by atoms with E-state index >= 15 is 0 Å². The lowest BCUT2D eigenvalue weighted by Crippen LogP contribution is -2.53. The summed E-state index contributed by atoms with van der Waals surface area (Å²) in [7, 11) is -4.31. The molecule has 4 saturated heterocycles. The number of halogens is 6. The van der Waals surface area contributed by atoms with Gasteiger partial charge < -0.3 is 92.8 Å². The number of ether oxygens (including phenoxy) is 3. The average Bonchev–Trinajstić information content (AvgIpc) is 1.56. The van der Waals surface area contributed by atoms with Gasteiger partial charge in [0.05, 0.1) is 80.7 Å². The standard InChI is InChI=1S/C27H27N3O4.C22H26N2O5.C16H16N2O5.C15H14N2O3.C12H6ClF2N3O3.C12H13F3N2O3S3/c1-17-8-9-20(11-18(17)2)26(32)28-23(13-22-5-4-10-34-22)27(33)29-14-19-12-21(16-29)24-6-3-7-25(31)30(24)15-19;1-16(2)15-29-18-7-5-17(6-8-18)21(25)23-20(14-19-4-3-11-28-19)22(26)24-9-12-27-13-10-24;19-15(14-4-2-8-23-14)17-13(11-12-3-1-7-22-12)16(20)18-5-9-21-10-6-18;18-15-10-6-2-1-5-9(10)13-14(15)17(20)12-8-4-3-7-11(12)16(13)19;13-12(14,15)9-4-6(8-2-1-3-21-8)16-10-5-7(11(19)20)17-18(9)10;13-12(14,15)8-1-3-9(4-2-8)23(18,19)20-17-11(16)10-7-21-5-6-22-10/h3-11,13,19,21H,12,14-16H2,1-2H3,(H,28,32);3-8,11,14,16H,9-10,12-13,15H2,1-2H3,(H,23,25);1-4,7-8,11H,5-6,9-10H2,(H,17,19);1-2,5-6,11-12H,3-4,7-8H2;1-5H,(H,19,20);1-4,10H,5-7H2,(H2,16,17)/b23-13-;20-14-;13-11-;;;. The van der Waals surface area contributed by atoms with Gasteiger partial charge in [0.2, 0.25) is 12.1 Å². The molecule has 5 atom stereocenters. The van der Waals surface area contributed by atoms with E-state index < -0.39 is 55.4 Å². The van der Waals surface area contributed by atoms with Crippen molar-refractivity contribution in [1.82, 2.24) is 49.8 Å². The molecular formula is C104H102ClF5N14O23S3. The minimum Gasteiger partial charge on any atom is -0.623 e. The third-order valence-corrected chi connectivity index (χ3v) is 28.8. The summed E-state index contributed by atoms with van der Waals surface area (Å²) in [6.45, 7) is 14.1. The minimum atomic E-state index is -4.54. The Kier molecular flexibility index (Phi) is 35.6. The van der Waals surface area contributed by atoms with Crippen molar-refractivity contribution >= 4 is 134 Å². The van der Waals surface area contributed by atoms with Gasteiger partial charge in [-0.05, 0) is 213 Å². The molecule has 4 aromatic carbocycles. The van der Waals surface area contributed by atoms with E-state index in [1.165, 1.54) is 55.6 Å². The number of benzene rings is 4. The summed E-state index contributed by atoms with van der Waals surface area (Å²) in [6, 6.07) is 45.5. The molecule has 2 aliphatic carbocycles. The number of thioether (sulfide) groups is 2. The number of morpholine rings is 2. The first-order chi connectivity index (χ1) is 71.9. The van der Waals surface area contributed by atoms with Gasteiger partial charge in [-0.1, -0.05) is 43.3 Å². The Balaban J connectivity index is 0.000000136. The number of ketones is 1. The van der Waals surface area contributed by atoms with Crippen molar-refractivity contribution in [3.05, 3.63) is 330 Å². The normalized spacial score (nSPS) is 18.2. The molecule has 150 heavy (non-hydrogen) atoms. The number of fused-ring (bicyclic) bond motifs is 9. The minimum absolute atomic E-state index is 0.00559. The van der Waals surface area contributed by atoms with Crippen molar-refractivity contribution in [2.75, 3.05) is 89.6 Å². The molecule has 6 N–H and O–H groups in total. The Hall–Kier alpha value is -15.5. The number of carboxylic acids is 1. The second-order valence-corrected chi connectivity index (χ2v) is 40.0. The van der Waals surface area contributed by atoms with Crippen LogP contribution in [0.4, 0.5) is 22.0 Å². The molecule has 786 valence electrons. The molecule has 20 rings (SSSR count). The fourth-order valence-corrected chi connectivity index (χ4v) is 20.5. The van der Waals surface area contributed by atoms with Crippen molar-refractivity contribution in [3.63, 3.8) is 0 Å². The van der Waals surface area contributed by atoms with Crippen LogP contribution in [0.25, 0.3) is 35.3 Å². The molecule has 5 fully saturated rings. The van der Waals surface area contributed by atoms with Crippen LogP contribution in [0, 0.1) is 36.1 Å². The van der Waals surface area contributed by atoms with Crippen LogP contribution >= 0.6 is 35.1 Å². The molecule has 46 heteroatoms. The number of hydrogen-bond acceptors (Lipinski definition) is 27. The number of Topliss-reactive ketones (excluding diaryl/α,β-unsaturated/α-hetero) is 1. The fourth-order valence-electron chi connectivity index (χ4n) is 17.1. The van der Waals surface area contributed by atoms with Crippen molar-refractivity contribution in [2.45, 2.75) is 106 Å². The summed E-state index contributed by atoms with van der Waals surface area (Å²) in [5.74, 6) is 2.12. The topological polar surface area (TPSA) is 482 Å². The van der Waals surface area contributed by atoms with Crippen molar-refractivity contribution < 1.29 is 124 Å². The summed E-state index contributed by atoms with van der Waals surface area (Å²) < 4.78 is 139. The number of amides is 6. The van der Waals surface area contributed by atoms with Gasteiger partial charge in [-0.2, -0.15) is 56.7 Å². The smallest absolute Gasteiger partial charge is 0.416 e. The van der Waals surface area contributed by atoms with Crippen LogP contribution in [0.5, 0.6) is 5.75 Å². The predicted octanol–water partition coefficient (Wildman–Crippen LogP) is 14.9. The van der Waals surface area contributed by atoms with Crippen LogP contribution in [0.1, 0.15) is 155 Å². The van der Waals surface area contributed by atoms with Crippen molar-refractivity contribution in [1.29, 1.82) is 0 Å². The Labute approximate surface area is 867 Å². The largest absolute Gasteiger partial charge is 0.623 e. The molecule has 14 heterocycles. The second-order valence-electron chi connectivity index (χ2n) is 35.6. The monoisotopic (exact) mass is 2140 g/mol. The molecule has 8 aliphatic rings. The highest BCUT2D eigenvalue weighted by Crippen LogP contribution is 2.39. The second kappa shape index (κ2) is 49.1. The number of likely N-dealkylation sites (tertiary alicyclic amines) is 1. The zero-order chi connectivity index (χ0) is 107. The number of hydrogen-bond donors (Lipinski definition) is 5. The lowest BCUT2D eigenvalue weighted by Gasteiger charge is -2.42.